The van der Waals surface area contributed by atoms with E-state index in [9.17, 15) is 22.8 Å². The lowest BCUT2D eigenvalue weighted by molar-refractivity contribution is -0.149. The number of alkyl halides is 3. The summed E-state index contributed by atoms with van der Waals surface area (Å²) >= 11 is 3.25. The lowest BCUT2D eigenvalue weighted by atomic mass is 9.97. The van der Waals surface area contributed by atoms with E-state index in [0.29, 0.717) is 41.0 Å². The number of carbonyl (C=O) groups is 2. The van der Waals surface area contributed by atoms with Crippen LogP contribution >= 0.6 is 15.9 Å². The molecule has 172 valence electrons. The summed E-state index contributed by atoms with van der Waals surface area (Å²) in [6.07, 6.45) is -2.10. The van der Waals surface area contributed by atoms with Crippen LogP contribution in [0.2, 0.25) is 0 Å². The number of rotatable bonds is 6. The average molecular weight is 514 g/mol. The van der Waals surface area contributed by atoms with Crippen molar-refractivity contribution in [1.82, 2.24) is 10.3 Å². The van der Waals surface area contributed by atoms with Gasteiger partial charge in [-0.2, -0.15) is 13.2 Å². The monoisotopic (exact) mass is 513 g/mol. The molecule has 0 radical (unpaired) electrons. The molecule has 1 unspecified atom stereocenters. The number of halogens is 4. The van der Waals surface area contributed by atoms with Gasteiger partial charge in [-0.25, -0.2) is 4.98 Å². The molecule has 0 bridgehead atoms. The molecule has 0 spiro atoms. The van der Waals surface area contributed by atoms with Crippen LogP contribution in [0.4, 0.5) is 24.7 Å². The van der Waals surface area contributed by atoms with E-state index in [0.717, 1.165) is 12.1 Å². The fourth-order valence-corrected chi connectivity index (χ4v) is 3.73. The van der Waals surface area contributed by atoms with Crippen LogP contribution in [0, 0.1) is 5.92 Å². The Hall–Kier alpha value is -2.62. The first-order valence-electron chi connectivity index (χ1n) is 10.1. The van der Waals surface area contributed by atoms with Crippen LogP contribution in [0.1, 0.15) is 54.1 Å². The van der Waals surface area contributed by atoms with E-state index < -0.39 is 11.7 Å². The van der Waals surface area contributed by atoms with Gasteiger partial charge in [0.1, 0.15) is 5.82 Å². The van der Waals surface area contributed by atoms with E-state index >= 15 is 0 Å². The van der Waals surface area contributed by atoms with Gasteiger partial charge in [-0.3, -0.25) is 9.59 Å². The molecular weight excluding hydrogens is 491 g/mol. The summed E-state index contributed by atoms with van der Waals surface area (Å²) in [7, 11) is 0. The van der Waals surface area contributed by atoms with Crippen LogP contribution in [0.3, 0.4) is 0 Å². The molecule has 3 rings (SSSR count). The van der Waals surface area contributed by atoms with E-state index in [1.807, 2.05) is 13.8 Å². The number of carbonyl (C=O) groups excluding carboxylic acids is 2. The molecule has 1 aromatic heterocycles. The van der Waals surface area contributed by atoms with E-state index in [1.165, 1.54) is 12.3 Å². The molecule has 10 heteroatoms. The summed E-state index contributed by atoms with van der Waals surface area (Å²) in [6, 6.07) is 4.96. The molecule has 6 nitrogen and oxygen atoms in total. The van der Waals surface area contributed by atoms with Gasteiger partial charge in [0.15, 0.2) is 0 Å². The Labute approximate surface area is 192 Å². The van der Waals surface area contributed by atoms with Crippen molar-refractivity contribution in [3.05, 3.63) is 51.6 Å². The number of amides is 1. The van der Waals surface area contributed by atoms with Crippen LogP contribution in [0.15, 0.2) is 34.9 Å². The van der Waals surface area contributed by atoms with Crippen molar-refractivity contribution in [3.8, 4) is 0 Å². The number of anilines is 2. The van der Waals surface area contributed by atoms with Gasteiger partial charge in [-0.15, -0.1) is 0 Å². The summed E-state index contributed by atoms with van der Waals surface area (Å²) < 4.78 is 44.5. The number of pyridine rings is 1. The number of aromatic nitrogens is 1. The molecule has 1 amide bonds. The molecule has 0 saturated carbocycles. The molecule has 2 aromatic rings. The zero-order valence-electron chi connectivity index (χ0n) is 17.6. The van der Waals surface area contributed by atoms with E-state index in [4.69, 9.17) is 4.74 Å². The van der Waals surface area contributed by atoms with Gasteiger partial charge in [0.2, 0.25) is 0 Å². The first kappa shape index (κ1) is 24.0. The Kier molecular flexibility index (Phi) is 7.43. The molecule has 1 fully saturated rings. The molecule has 1 saturated heterocycles. The maximum absolute atomic E-state index is 13.0. The maximum Gasteiger partial charge on any atom is 0.416 e. The highest BCUT2D eigenvalue weighted by molar-refractivity contribution is 9.10. The Morgan fingerprint density at radius 1 is 1.31 bits per heavy atom. The highest BCUT2D eigenvalue weighted by Gasteiger charge is 2.31. The maximum atomic E-state index is 13.0. The number of ether oxygens (including phenoxy) is 1. The Morgan fingerprint density at radius 3 is 2.72 bits per heavy atom. The van der Waals surface area contributed by atoms with Crippen LogP contribution < -0.4 is 10.6 Å². The van der Waals surface area contributed by atoms with Crippen molar-refractivity contribution < 1.29 is 27.5 Å². The molecule has 2 N–H and O–H groups in total. The lowest BCUT2D eigenvalue weighted by Crippen LogP contribution is -2.34. The second-order valence-corrected chi connectivity index (χ2v) is 8.77. The van der Waals surface area contributed by atoms with Crippen molar-refractivity contribution >= 4 is 39.3 Å². The highest BCUT2D eigenvalue weighted by Crippen LogP contribution is 2.35. The van der Waals surface area contributed by atoms with E-state index in [-0.39, 0.29) is 35.8 Å². The molecule has 0 aliphatic carbocycles. The van der Waals surface area contributed by atoms with Crippen molar-refractivity contribution in [1.29, 1.82) is 0 Å². The summed E-state index contributed by atoms with van der Waals surface area (Å²) in [5, 5.41) is 5.74. The van der Waals surface area contributed by atoms with Gasteiger partial charge in [0.05, 0.1) is 29.8 Å². The average Bonchev–Trinajstić information content (AvgIpc) is 2.72. The third kappa shape index (κ3) is 5.99. The van der Waals surface area contributed by atoms with Crippen molar-refractivity contribution in [2.75, 3.05) is 18.5 Å². The fraction of sp³-hybridized carbons (Fsp3) is 0.409. The second-order valence-electron chi connectivity index (χ2n) is 7.92. The van der Waals surface area contributed by atoms with Gasteiger partial charge in [0.25, 0.3) is 5.91 Å². The third-order valence-electron chi connectivity index (χ3n) is 5.15. The predicted octanol–water partition coefficient (Wildman–Crippen LogP) is 5.41. The smallest absolute Gasteiger partial charge is 0.416 e. The summed E-state index contributed by atoms with van der Waals surface area (Å²) in [5.74, 6) is -0.271. The lowest BCUT2D eigenvalue weighted by Gasteiger charge is -2.22. The zero-order valence-corrected chi connectivity index (χ0v) is 19.1. The van der Waals surface area contributed by atoms with Gasteiger partial charge in [0, 0.05) is 17.2 Å². The van der Waals surface area contributed by atoms with Crippen LogP contribution in [0.25, 0.3) is 0 Å². The minimum Gasteiger partial charge on any atom is -0.466 e. The molecule has 1 aromatic carbocycles. The van der Waals surface area contributed by atoms with Gasteiger partial charge in [-0.1, -0.05) is 13.8 Å². The van der Waals surface area contributed by atoms with Gasteiger partial charge < -0.3 is 15.4 Å². The topological polar surface area (TPSA) is 80.3 Å². The first-order valence-corrected chi connectivity index (χ1v) is 10.9. The Bertz CT molecular complexity index is 1010. The predicted molar refractivity (Wildman–Crippen MR) is 117 cm³/mol. The zero-order chi connectivity index (χ0) is 23.5. The molecule has 1 atom stereocenters. The van der Waals surface area contributed by atoms with E-state index in [2.05, 4.69) is 31.5 Å². The normalized spacial score (nSPS) is 16.6. The number of nitrogens with zero attached hydrogens (tertiary/aromatic N) is 1. The summed E-state index contributed by atoms with van der Waals surface area (Å²) in [6.45, 7) is 4.52. The van der Waals surface area contributed by atoms with Gasteiger partial charge in [-0.05, 0) is 64.0 Å². The van der Waals surface area contributed by atoms with Crippen molar-refractivity contribution in [2.24, 2.45) is 5.92 Å². The quantitative estimate of drug-likeness (QED) is 0.504. The Morgan fingerprint density at radius 2 is 2.06 bits per heavy atom. The second kappa shape index (κ2) is 9.89. The highest BCUT2D eigenvalue weighted by atomic mass is 79.9. The Balaban J connectivity index is 1.77. The number of hydrogen-bond donors (Lipinski definition) is 2. The standard InChI is InChI=1S/C22H23BrF3N3O3/c1-12(2)15-9-19(29-18-8-14(22(24,25)26)3-4-17(18)23)27-11-16(15)21(31)28-10-13-5-6-32-20(30)7-13/h3-4,8-9,11-13H,5-7,10H2,1-2H3,(H,27,29)(H,28,31). The fourth-order valence-electron chi connectivity index (χ4n) is 3.38. The van der Waals surface area contributed by atoms with Crippen molar-refractivity contribution in [2.45, 2.75) is 38.8 Å². The van der Waals surface area contributed by atoms with Crippen LogP contribution in [-0.2, 0) is 15.7 Å². The number of benzene rings is 1. The molecule has 1 aliphatic rings. The molecular formula is C22H23BrF3N3O3. The molecule has 1 aliphatic heterocycles. The molecule has 2 heterocycles. The first-order chi connectivity index (χ1) is 15.0. The SMILES string of the molecule is CC(C)c1cc(Nc2cc(C(F)(F)F)ccc2Br)ncc1C(=O)NCC1CCOC(=O)C1. The minimum absolute atomic E-state index is 0.0230. The van der Waals surface area contributed by atoms with Crippen LogP contribution in [0.5, 0.6) is 0 Å². The summed E-state index contributed by atoms with van der Waals surface area (Å²) in [4.78, 5) is 28.4. The van der Waals surface area contributed by atoms with Gasteiger partial charge >= 0.3 is 12.1 Å². The van der Waals surface area contributed by atoms with E-state index in [1.54, 1.807) is 6.07 Å². The minimum atomic E-state index is -4.47. The number of nitrogens with one attached hydrogen (secondary N) is 2. The number of hydrogen-bond acceptors (Lipinski definition) is 5. The summed E-state index contributed by atoms with van der Waals surface area (Å²) in [5.41, 5.74) is 0.511. The molecule has 32 heavy (non-hydrogen) atoms. The number of cyclic esters (lactones) is 1. The van der Waals surface area contributed by atoms with Crippen LogP contribution in [-0.4, -0.2) is 30.0 Å². The number of esters is 1. The van der Waals surface area contributed by atoms with Crippen molar-refractivity contribution in [3.63, 3.8) is 0 Å². The largest absolute Gasteiger partial charge is 0.466 e. The third-order valence-corrected chi connectivity index (χ3v) is 5.85.